The van der Waals surface area contributed by atoms with Crippen molar-refractivity contribution in [2.75, 3.05) is 26.0 Å². The molecule has 0 aliphatic heterocycles. The van der Waals surface area contributed by atoms with Crippen molar-refractivity contribution in [2.45, 2.75) is 13.0 Å². The molecular formula is C11H17N3O2. The highest BCUT2D eigenvalue weighted by atomic mass is 16.3. The van der Waals surface area contributed by atoms with Gasteiger partial charge in [-0.2, -0.15) is 0 Å². The standard InChI is InChI=1S/C11H17N3O2/c1-8(15)7-14(3)11(16)9-4-5-13-10(6-9)12-2/h4-6,8,15H,7H2,1-3H3,(H,12,13). The SMILES string of the molecule is CNc1cc(C(=O)N(C)CC(C)O)ccn1. The summed E-state index contributed by atoms with van der Waals surface area (Å²) in [6.45, 7) is 1.96. The van der Waals surface area contributed by atoms with Gasteiger partial charge in [0.25, 0.3) is 5.91 Å². The van der Waals surface area contributed by atoms with Gasteiger partial charge in [-0.3, -0.25) is 4.79 Å². The van der Waals surface area contributed by atoms with Crippen LogP contribution in [0.3, 0.4) is 0 Å². The molecular weight excluding hydrogens is 206 g/mol. The monoisotopic (exact) mass is 223 g/mol. The summed E-state index contributed by atoms with van der Waals surface area (Å²) in [6.07, 6.45) is 1.05. The lowest BCUT2D eigenvalue weighted by molar-refractivity contribution is 0.0703. The third kappa shape index (κ3) is 3.20. The molecule has 1 rings (SSSR count). The van der Waals surface area contributed by atoms with E-state index in [1.54, 1.807) is 39.3 Å². The zero-order chi connectivity index (χ0) is 12.1. The number of likely N-dealkylation sites (N-methyl/N-ethyl adjacent to an activating group) is 1. The molecule has 1 unspecified atom stereocenters. The van der Waals surface area contributed by atoms with Crippen molar-refractivity contribution in [3.05, 3.63) is 23.9 Å². The van der Waals surface area contributed by atoms with Crippen molar-refractivity contribution >= 4 is 11.7 Å². The lowest BCUT2D eigenvalue weighted by Crippen LogP contribution is -2.33. The van der Waals surface area contributed by atoms with Gasteiger partial charge in [0, 0.05) is 32.4 Å². The molecule has 1 amide bonds. The Balaban J connectivity index is 2.79. The van der Waals surface area contributed by atoms with Gasteiger partial charge < -0.3 is 15.3 Å². The fraction of sp³-hybridized carbons (Fsp3) is 0.455. The quantitative estimate of drug-likeness (QED) is 0.783. The first-order valence-electron chi connectivity index (χ1n) is 5.12. The number of carbonyl (C=O) groups is 1. The highest BCUT2D eigenvalue weighted by Gasteiger charge is 2.13. The maximum atomic E-state index is 11.9. The summed E-state index contributed by atoms with van der Waals surface area (Å²) in [7, 11) is 3.41. The number of aromatic nitrogens is 1. The molecule has 1 heterocycles. The van der Waals surface area contributed by atoms with Gasteiger partial charge in [-0.05, 0) is 19.1 Å². The number of carbonyl (C=O) groups excluding carboxylic acids is 1. The van der Waals surface area contributed by atoms with Gasteiger partial charge in [0.05, 0.1) is 6.10 Å². The van der Waals surface area contributed by atoms with E-state index < -0.39 is 6.10 Å². The minimum absolute atomic E-state index is 0.125. The van der Waals surface area contributed by atoms with E-state index in [0.29, 0.717) is 17.9 Å². The molecule has 5 nitrogen and oxygen atoms in total. The highest BCUT2D eigenvalue weighted by molar-refractivity contribution is 5.94. The van der Waals surface area contributed by atoms with Gasteiger partial charge in [-0.15, -0.1) is 0 Å². The van der Waals surface area contributed by atoms with Crippen LogP contribution in [0.5, 0.6) is 0 Å². The average Bonchev–Trinajstić information content (AvgIpc) is 2.27. The zero-order valence-corrected chi connectivity index (χ0v) is 9.77. The summed E-state index contributed by atoms with van der Waals surface area (Å²) in [4.78, 5) is 17.4. The first-order valence-corrected chi connectivity index (χ1v) is 5.12. The number of nitrogens with one attached hydrogen (secondary N) is 1. The van der Waals surface area contributed by atoms with Crippen molar-refractivity contribution in [2.24, 2.45) is 0 Å². The highest BCUT2D eigenvalue weighted by Crippen LogP contribution is 2.08. The van der Waals surface area contributed by atoms with Gasteiger partial charge in [-0.1, -0.05) is 0 Å². The van der Waals surface area contributed by atoms with E-state index in [-0.39, 0.29) is 5.91 Å². The zero-order valence-electron chi connectivity index (χ0n) is 9.77. The van der Waals surface area contributed by atoms with Gasteiger partial charge in [0.15, 0.2) is 0 Å². The van der Waals surface area contributed by atoms with Gasteiger partial charge in [0.2, 0.25) is 0 Å². The van der Waals surface area contributed by atoms with E-state index in [0.717, 1.165) is 0 Å². The number of hydrogen-bond acceptors (Lipinski definition) is 4. The van der Waals surface area contributed by atoms with Gasteiger partial charge >= 0.3 is 0 Å². The van der Waals surface area contributed by atoms with Crippen LogP contribution in [0.25, 0.3) is 0 Å². The lowest BCUT2D eigenvalue weighted by atomic mass is 10.2. The molecule has 16 heavy (non-hydrogen) atoms. The van der Waals surface area contributed by atoms with Crippen molar-refractivity contribution in [1.29, 1.82) is 0 Å². The Bertz CT molecular complexity index is 366. The summed E-state index contributed by atoms with van der Waals surface area (Å²) in [5.74, 6) is 0.524. The van der Waals surface area contributed by atoms with Gasteiger partial charge in [0.1, 0.15) is 5.82 Å². The second-order valence-corrected chi connectivity index (χ2v) is 3.71. The number of pyridine rings is 1. The molecule has 0 aromatic carbocycles. The molecule has 1 aromatic heterocycles. The van der Waals surface area contributed by atoms with E-state index >= 15 is 0 Å². The molecule has 0 radical (unpaired) electrons. The van der Waals surface area contributed by atoms with Crippen molar-refractivity contribution in [1.82, 2.24) is 9.88 Å². The largest absolute Gasteiger partial charge is 0.392 e. The Morgan fingerprint density at radius 3 is 2.94 bits per heavy atom. The van der Waals surface area contributed by atoms with Crippen LogP contribution in [0.15, 0.2) is 18.3 Å². The Morgan fingerprint density at radius 1 is 1.69 bits per heavy atom. The molecule has 0 aliphatic rings. The minimum atomic E-state index is -0.528. The molecule has 0 saturated carbocycles. The maximum Gasteiger partial charge on any atom is 0.253 e. The minimum Gasteiger partial charge on any atom is -0.392 e. The van der Waals surface area contributed by atoms with Crippen LogP contribution < -0.4 is 5.32 Å². The normalized spacial score (nSPS) is 12.0. The van der Waals surface area contributed by atoms with Crippen molar-refractivity contribution < 1.29 is 9.90 Å². The van der Waals surface area contributed by atoms with Crippen molar-refractivity contribution in [3.8, 4) is 0 Å². The van der Waals surface area contributed by atoms with E-state index in [9.17, 15) is 9.90 Å². The second-order valence-electron chi connectivity index (χ2n) is 3.71. The number of aliphatic hydroxyl groups excluding tert-OH is 1. The second kappa shape index (κ2) is 5.46. The Labute approximate surface area is 95.1 Å². The number of nitrogens with zero attached hydrogens (tertiary/aromatic N) is 2. The number of hydrogen-bond donors (Lipinski definition) is 2. The molecule has 0 bridgehead atoms. The summed E-state index contributed by atoms with van der Waals surface area (Å²) in [5, 5.41) is 12.1. The van der Waals surface area contributed by atoms with Crippen LogP contribution in [-0.4, -0.2) is 47.6 Å². The smallest absolute Gasteiger partial charge is 0.253 e. The van der Waals surface area contributed by atoms with Crippen LogP contribution in [0.1, 0.15) is 17.3 Å². The number of rotatable bonds is 4. The summed E-state index contributed by atoms with van der Waals surface area (Å²) in [5.41, 5.74) is 0.558. The molecule has 5 heteroatoms. The molecule has 1 aromatic rings. The van der Waals surface area contributed by atoms with E-state index in [2.05, 4.69) is 10.3 Å². The third-order valence-corrected chi connectivity index (χ3v) is 2.15. The van der Waals surface area contributed by atoms with Crippen LogP contribution in [0, 0.1) is 0 Å². The van der Waals surface area contributed by atoms with E-state index in [1.807, 2.05) is 0 Å². The Morgan fingerprint density at radius 2 is 2.38 bits per heavy atom. The predicted octanol–water partition coefficient (Wildman–Crippen LogP) is 0.576. The summed E-state index contributed by atoms with van der Waals surface area (Å²) >= 11 is 0. The molecule has 88 valence electrons. The van der Waals surface area contributed by atoms with Crippen LogP contribution in [-0.2, 0) is 0 Å². The van der Waals surface area contributed by atoms with E-state index in [4.69, 9.17) is 0 Å². The Kier molecular flexibility index (Phi) is 4.25. The molecule has 0 aliphatic carbocycles. The molecule has 0 spiro atoms. The Hall–Kier alpha value is -1.62. The molecule has 2 N–H and O–H groups in total. The van der Waals surface area contributed by atoms with Gasteiger partial charge in [-0.25, -0.2) is 4.98 Å². The maximum absolute atomic E-state index is 11.9. The van der Waals surface area contributed by atoms with Crippen LogP contribution in [0.4, 0.5) is 5.82 Å². The fourth-order valence-electron chi connectivity index (χ4n) is 1.40. The summed E-state index contributed by atoms with van der Waals surface area (Å²) in [6, 6.07) is 3.34. The lowest BCUT2D eigenvalue weighted by Gasteiger charge is -2.18. The van der Waals surface area contributed by atoms with Crippen LogP contribution in [0.2, 0.25) is 0 Å². The molecule has 0 fully saturated rings. The van der Waals surface area contributed by atoms with E-state index in [1.165, 1.54) is 4.90 Å². The number of aliphatic hydroxyl groups is 1. The molecule has 1 atom stereocenters. The fourth-order valence-corrected chi connectivity index (χ4v) is 1.40. The van der Waals surface area contributed by atoms with Crippen LogP contribution >= 0.6 is 0 Å². The first-order chi connectivity index (χ1) is 7.54. The summed E-state index contributed by atoms with van der Waals surface area (Å²) < 4.78 is 0. The third-order valence-electron chi connectivity index (χ3n) is 2.15. The topological polar surface area (TPSA) is 65.5 Å². The first kappa shape index (κ1) is 12.4. The number of anilines is 1. The number of amides is 1. The predicted molar refractivity (Wildman–Crippen MR) is 62.4 cm³/mol. The van der Waals surface area contributed by atoms with Crippen molar-refractivity contribution in [3.63, 3.8) is 0 Å². The molecule has 0 saturated heterocycles. The average molecular weight is 223 g/mol.